The summed E-state index contributed by atoms with van der Waals surface area (Å²) in [6.45, 7) is 1.90. The number of carbonyl (C=O) groups excluding carboxylic acids is 1. The molecule has 2 aromatic rings. The molecule has 5 heteroatoms. The number of nitrogens with one attached hydrogen (secondary N) is 1. The van der Waals surface area contributed by atoms with Gasteiger partial charge < -0.3 is 11.1 Å². The quantitative estimate of drug-likeness (QED) is 0.757. The highest BCUT2D eigenvalue weighted by Crippen LogP contribution is 2.26. The molecule has 0 atom stereocenters. The highest BCUT2D eigenvalue weighted by Gasteiger charge is 2.11. The minimum atomic E-state index is -0.162. The Kier molecular flexibility index (Phi) is 4.27. The van der Waals surface area contributed by atoms with Gasteiger partial charge in [0.05, 0.1) is 5.69 Å². The van der Waals surface area contributed by atoms with Gasteiger partial charge in [0.1, 0.15) is 0 Å². The van der Waals surface area contributed by atoms with E-state index in [4.69, 9.17) is 5.73 Å². The largest absolute Gasteiger partial charge is 0.399 e. The lowest BCUT2D eigenvalue weighted by molar-refractivity contribution is 0.102. The zero-order valence-electron chi connectivity index (χ0n) is 10.2. The lowest BCUT2D eigenvalue weighted by atomic mass is 10.1. The van der Waals surface area contributed by atoms with E-state index in [0.717, 1.165) is 14.5 Å². The summed E-state index contributed by atoms with van der Waals surface area (Å²) in [6.07, 6.45) is 0. The molecule has 0 aromatic heterocycles. The fourth-order valence-electron chi connectivity index (χ4n) is 1.67. The molecule has 0 aliphatic rings. The molecule has 2 rings (SSSR count). The summed E-state index contributed by atoms with van der Waals surface area (Å²) < 4.78 is 1.66. The summed E-state index contributed by atoms with van der Waals surface area (Å²) >= 11 is 6.75. The van der Waals surface area contributed by atoms with E-state index in [9.17, 15) is 4.79 Å². The van der Waals surface area contributed by atoms with Crippen LogP contribution >= 0.6 is 31.9 Å². The van der Waals surface area contributed by atoms with E-state index in [-0.39, 0.29) is 5.91 Å². The molecule has 0 fully saturated rings. The standard InChI is InChI=1S/C14H12Br2N2O/c1-8-2-3-9(15)6-11(8)14(19)18-13-7-10(17)4-5-12(13)16/h2-7H,17H2,1H3,(H,18,19). The van der Waals surface area contributed by atoms with Crippen LogP contribution in [0.1, 0.15) is 15.9 Å². The number of hydrogen-bond acceptors (Lipinski definition) is 2. The Morgan fingerprint density at radius 3 is 2.63 bits per heavy atom. The zero-order chi connectivity index (χ0) is 14.0. The zero-order valence-corrected chi connectivity index (χ0v) is 13.4. The molecule has 3 N–H and O–H groups in total. The number of rotatable bonds is 2. The Bertz CT molecular complexity index is 641. The number of hydrogen-bond donors (Lipinski definition) is 2. The van der Waals surface area contributed by atoms with Crippen LogP contribution < -0.4 is 11.1 Å². The molecule has 0 spiro atoms. The van der Waals surface area contributed by atoms with Crippen LogP contribution in [0.25, 0.3) is 0 Å². The number of anilines is 2. The van der Waals surface area contributed by atoms with E-state index >= 15 is 0 Å². The molecule has 0 saturated carbocycles. The van der Waals surface area contributed by atoms with Crippen LogP contribution in [0.15, 0.2) is 45.3 Å². The average Bonchev–Trinajstić information content (AvgIpc) is 2.36. The third-order valence-corrected chi connectivity index (χ3v) is 3.87. The van der Waals surface area contributed by atoms with Crippen molar-refractivity contribution in [1.29, 1.82) is 0 Å². The highest BCUT2D eigenvalue weighted by atomic mass is 79.9. The molecule has 1 amide bonds. The first-order valence-corrected chi connectivity index (χ1v) is 7.18. The molecular formula is C14H12Br2N2O. The molecule has 3 nitrogen and oxygen atoms in total. The maximum absolute atomic E-state index is 12.3. The molecule has 19 heavy (non-hydrogen) atoms. The van der Waals surface area contributed by atoms with Gasteiger partial charge in [0.15, 0.2) is 0 Å². The molecular weight excluding hydrogens is 372 g/mol. The van der Waals surface area contributed by atoms with E-state index in [1.165, 1.54) is 0 Å². The molecule has 0 radical (unpaired) electrons. The van der Waals surface area contributed by atoms with E-state index in [2.05, 4.69) is 37.2 Å². The van der Waals surface area contributed by atoms with Crippen LogP contribution in [0.4, 0.5) is 11.4 Å². The predicted octanol–water partition coefficient (Wildman–Crippen LogP) is 4.35. The molecule has 0 heterocycles. The number of aryl methyl sites for hydroxylation is 1. The summed E-state index contributed by atoms with van der Waals surface area (Å²) in [5.74, 6) is -0.162. The molecule has 2 aromatic carbocycles. The minimum absolute atomic E-state index is 0.162. The fourth-order valence-corrected chi connectivity index (χ4v) is 2.37. The van der Waals surface area contributed by atoms with Crippen LogP contribution in [0.3, 0.4) is 0 Å². The van der Waals surface area contributed by atoms with Crippen LogP contribution in [0.5, 0.6) is 0 Å². The van der Waals surface area contributed by atoms with E-state index in [1.807, 2.05) is 19.1 Å². The summed E-state index contributed by atoms with van der Waals surface area (Å²) in [4.78, 5) is 12.3. The second-order valence-electron chi connectivity index (χ2n) is 4.15. The molecule has 0 saturated heterocycles. The number of nitrogen functional groups attached to an aromatic ring is 1. The van der Waals surface area contributed by atoms with Gasteiger partial charge in [0, 0.05) is 20.2 Å². The van der Waals surface area contributed by atoms with E-state index in [1.54, 1.807) is 24.3 Å². The van der Waals surface area contributed by atoms with Gasteiger partial charge in [-0.1, -0.05) is 22.0 Å². The highest BCUT2D eigenvalue weighted by molar-refractivity contribution is 9.10. The first kappa shape index (κ1) is 14.1. The summed E-state index contributed by atoms with van der Waals surface area (Å²) in [5, 5.41) is 2.85. The SMILES string of the molecule is Cc1ccc(Br)cc1C(=O)Nc1cc(N)ccc1Br. The smallest absolute Gasteiger partial charge is 0.256 e. The lowest BCUT2D eigenvalue weighted by Gasteiger charge is -2.10. The molecule has 0 unspecified atom stereocenters. The van der Waals surface area contributed by atoms with Gasteiger partial charge in [-0.15, -0.1) is 0 Å². The number of benzene rings is 2. The van der Waals surface area contributed by atoms with Gasteiger partial charge in [0.2, 0.25) is 0 Å². The van der Waals surface area contributed by atoms with Crippen molar-refractivity contribution in [2.75, 3.05) is 11.1 Å². The van der Waals surface area contributed by atoms with Crippen molar-refractivity contribution in [1.82, 2.24) is 0 Å². The van der Waals surface area contributed by atoms with Crippen molar-refractivity contribution in [2.24, 2.45) is 0 Å². The Labute approximate surface area is 128 Å². The van der Waals surface area contributed by atoms with E-state index < -0.39 is 0 Å². The summed E-state index contributed by atoms with van der Waals surface area (Å²) in [7, 11) is 0. The first-order valence-electron chi connectivity index (χ1n) is 5.60. The second kappa shape index (κ2) is 5.75. The van der Waals surface area contributed by atoms with Gasteiger partial charge in [-0.05, 0) is 58.7 Å². The van der Waals surface area contributed by atoms with Crippen molar-refractivity contribution < 1.29 is 4.79 Å². The van der Waals surface area contributed by atoms with Crippen molar-refractivity contribution in [3.8, 4) is 0 Å². The van der Waals surface area contributed by atoms with Crippen molar-refractivity contribution in [3.05, 3.63) is 56.5 Å². The summed E-state index contributed by atoms with van der Waals surface area (Å²) in [6, 6.07) is 10.9. The number of amides is 1. The third-order valence-electron chi connectivity index (χ3n) is 2.68. The lowest BCUT2D eigenvalue weighted by Crippen LogP contribution is -2.14. The topological polar surface area (TPSA) is 55.1 Å². The maximum atomic E-state index is 12.3. The van der Waals surface area contributed by atoms with E-state index in [0.29, 0.717) is 16.9 Å². The average molecular weight is 384 g/mol. The van der Waals surface area contributed by atoms with Crippen LogP contribution in [-0.2, 0) is 0 Å². The normalized spacial score (nSPS) is 10.3. The van der Waals surface area contributed by atoms with Gasteiger partial charge >= 0.3 is 0 Å². The van der Waals surface area contributed by atoms with Gasteiger partial charge in [-0.2, -0.15) is 0 Å². The maximum Gasteiger partial charge on any atom is 0.256 e. The van der Waals surface area contributed by atoms with Crippen LogP contribution in [-0.4, -0.2) is 5.91 Å². The Balaban J connectivity index is 2.30. The monoisotopic (exact) mass is 382 g/mol. The van der Waals surface area contributed by atoms with Crippen molar-refractivity contribution in [3.63, 3.8) is 0 Å². The molecule has 0 aliphatic carbocycles. The Hall–Kier alpha value is -1.33. The third kappa shape index (κ3) is 3.36. The predicted molar refractivity (Wildman–Crippen MR) is 85.4 cm³/mol. The fraction of sp³-hybridized carbons (Fsp3) is 0.0714. The minimum Gasteiger partial charge on any atom is -0.399 e. The number of carbonyl (C=O) groups is 1. The van der Waals surface area contributed by atoms with Crippen molar-refractivity contribution in [2.45, 2.75) is 6.92 Å². The van der Waals surface area contributed by atoms with Gasteiger partial charge in [-0.3, -0.25) is 4.79 Å². The number of nitrogens with two attached hydrogens (primary N) is 1. The Morgan fingerprint density at radius 1 is 1.16 bits per heavy atom. The van der Waals surface area contributed by atoms with Crippen molar-refractivity contribution >= 4 is 49.1 Å². The second-order valence-corrected chi connectivity index (χ2v) is 5.92. The Morgan fingerprint density at radius 2 is 1.89 bits per heavy atom. The van der Waals surface area contributed by atoms with Gasteiger partial charge in [-0.25, -0.2) is 0 Å². The van der Waals surface area contributed by atoms with Crippen LogP contribution in [0, 0.1) is 6.92 Å². The molecule has 98 valence electrons. The molecule has 0 bridgehead atoms. The summed E-state index contributed by atoms with van der Waals surface area (Å²) in [5.41, 5.74) is 8.52. The van der Waals surface area contributed by atoms with Gasteiger partial charge in [0.25, 0.3) is 5.91 Å². The first-order chi connectivity index (χ1) is 8.97. The molecule has 0 aliphatic heterocycles. The van der Waals surface area contributed by atoms with Crippen LogP contribution in [0.2, 0.25) is 0 Å². The number of halogens is 2.